The van der Waals surface area contributed by atoms with Crippen LogP contribution in [0.25, 0.3) is 0 Å². The third-order valence-electron chi connectivity index (χ3n) is 3.14. The van der Waals surface area contributed by atoms with E-state index in [4.69, 9.17) is 4.74 Å². The Balaban J connectivity index is 0. The van der Waals surface area contributed by atoms with Crippen LogP contribution < -0.4 is 16.0 Å². The van der Waals surface area contributed by atoms with Crippen molar-refractivity contribution in [2.45, 2.75) is 20.3 Å². The maximum absolute atomic E-state index is 11.4. The van der Waals surface area contributed by atoms with E-state index in [9.17, 15) is 4.79 Å². The zero-order valence-electron chi connectivity index (χ0n) is 15.1. The van der Waals surface area contributed by atoms with Gasteiger partial charge in [-0.25, -0.2) is 0 Å². The highest BCUT2D eigenvalue weighted by atomic mass is 127. The number of hydrogen-bond donors (Lipinski definition) is 3. The summed E-state index contributed by atoms with van der Waals surface area (Å²) in [4.78, 5) is 17.8. The molecule has 0 saturated carbocycles. The van der Waals surface area contributed by atoms with Gasteiger partial charge in [0, 0.05) is 59.4 Å². The van der Waals surface area contributed by atoms with Gasteiger partial charge in [0.1, 0.15) is 0 Å². The number of guanidine groups is 1. The van der Waals surface area contributed by atoms with Crippen molar-refractivity contribution in [2.24, 2.45) is 10.9 Å². The molecule has 138 valence electrons. The predicted octanol–water partition coefficient (Wildman–Crippen LogP) is 0.510. The molecule has 0 aliphatic rings. The number of rotatable bonds is 11. The van der Waals surface area contributed by atoms with Crippen LogP contribution in [0.1, 0.15) is 20.3 Å². The topological polar surface area (TPSA) is 78.0 Å². The molecule has 0 aliphatic carbocycles. The quantitative estimate of drug-likeness (QED) is 0.188. The van der Waals surface area contributed by atoms with Crippen LogP contribution in [0.4, 0.5) is 0 Å². The van der Waals surface area contributed by atoms with E-state index in [1.807, 2.05) is 13.8 Å². The number of halogens is 1. The van der Waals surface area contributed by atoms with Crippen LogP contribution in [-0.2, 0) is 9.53 Å². The molecule has 0 bridgehead atoms. The Morgan fingerprint density at radius 2 is 1.74 bits per heavy atom. The normalized spacial score (nSPS) is 11.3. The average molecular weight is 443 g/mol. The lowest BCUT2D eigenvalue weighted by Crippen LogP contribution is -2.44. The minimum atomic E-state index is 0. The number of hydrogen-bond acceptors (Lipinski definition) is 4. The molecule has 0 radical (unpaired) electrons. The van der Waals surface area contributed by atoms with Gasteiger partial charge in [-0.3, -0.25) is 9.79 Å². The molecule has 0 saturated heterocycles. The molecule has 1 amide bonds. The van der Waals surface area contributed by atoms with Crippen molar-refractivity contribution in [1.82, 2.24) is 20.9 Å². The molecular formula is C15H34IN5O2. The molecule has 0 aromatic rings. The summed E-state index contributed by atoms with van der Waals surface area (Å²) >= 11 is 0. The largest absolute Gasteiger partial charge is 0.385 e. The van der Waals surface area contributed by atoms with Crippen molar-refractivity contribution >= 4 is 35.8 Å². The van der Waals surface area contributed by atoms with Gasteiger partial charge in [0.05, 0.1) is 0 Å². The third-order valence-corrected chi connectivity index (χ3v) is 3.14. The van der Waals surface area contributed by atoms with E-state index < -0.39 is 0 Å². The number of methoxy groups -OCH3 is 1. The van der Waals surface area contributed by atoms with Crippen LogP contribution in [0.5, 0.6) is 0 Å². The molecule has 0 aliphatic heterocycles. The van der Waals surface area contributed by atoms with Crippen molar-refractivity contribution in [1.29, 1.82) is 0 Å². The fourth-order valence-corrected chi connectivity index (χ4v) is 1.75. The number of likely N-dealkylation sites (N-methyl/N-ethyl adjacent to an activating group) is 1. The van der Waals surface area contributed by atoms with Crippen LogP contribution in [0, 0.1) is 5.92 Å². The van der Waals surface area contributed by atoms with E-state index >= 15 is 0 Å². The van der Waals surface area contributed by atoms with Gasteiger partial charge in [0.15, 0.2) is 5.96 Å². The molecule has 0 aromatic carbocycles. The van der Waals surface area contributed by atoms with Crippen molar-refractivity contribution < 1.29 is 9.53 Å². The molecule has 3 N–H and O–H groups in total. The Morgan fingerprint density at radius 1 is 1.13 bits per heavy atom. The molecule has 7 nitrogen and oxygen atoms in total. The van der Waals surface area contributed by atoms with Crippen LogP contribution >= 0.6 is 24.0 Å². The summed E-state index contributed by atoms with van der Waals surface area (Å²) in [6, 6.07) is 0. The monoisotopic (exact) mass is 443 g/mol. The highest BCUT2D eigenvalue weighted by Crippen LogP contribution is 1.89. The molecule has 0 fully saturated rings. The van der Waals surface area contributed by atoms with Gasteiger partial charge in [0.2, 0.25) is 5.91 Å². The number of nitrogens with one attached hydrogen (secondary N) is 3. The van der Waals surface area contributed by atoms with Gasteiger partial charge in [-0.1, -0.05) is 13.8 Å². The van der Waals surface area contributed by atoms with Crippen LogP contribution in [-0.4, -0.2) is 77.3 Å². The summed E-state index contributed by atoms with van der Waals surface area (Å²) in [7, 11) is 5.56. The summed E-state index contributed by atoms with van der Waals surface area (Å²) in [6.45, 7) is 8.58. The van der Waals surface area contributed by atoms with Gasteiger partial charge in [-0.05, 0) is 13.5 Å². The zero-order valence-corrected chi connectivity index (χ0v) is 17.5. The lowest BCUT2D eigenvalue weighted by atomic mass is 10.2. The SMILES string of the molecule is CN=C(NCCNC(=O)C(C)C)NCCN(C)CCCOC.I. The van der Waals surface area contributed by atoms with E-state index in [1.165, 1.54) is 0 Å². The summed E-state index contributed by atoms with van der Waals surface area (Å²) in [5, 5.41) is 9.29. The number of ether oxygens (including phenoxy) is 1. The first kappa shape index (κ1) is 24.6. The second-order valence-electron chi connectivity index (χ2n) is 5.52. The second kappa shape index (κ2) is 16.3. The minimum Gasteiger partial charge on any atom is -0.385 e. The predicted molar refractivity (Wildman–Crippen MR) is 107 cm³/mol. The second-order valence-corrected chi connectivity index (χ2v) is 5.52. The molecule has 0 aromatic heterocycles. The fourth-order valence-electron chi connectivity index (χ4n) is 1.75. The van der Waals surface area contributed by atoms with Gasteiger partial charge in [0.25, 0.3) is 0 Å². The van der Waals surface area contributed by atoms with Crippen LogP contribution in [0.2, 0.25) is 0 Å². The number of carbonyl (C=O) groups excluding carboxylic acids is 1. The first-order valence-electron chi connectivity index (χ1n) is 7.91. The molecule has 0 spiro atoms. The summed E-state index contributed by atoms with van der Waals surface area (Å²) in [5.41, 5.74) is 0. The van der Waals surface area contributed by atoms with Crippen molar-refractivity contribution in [3.8, 4) is 0 Å². The molecular weight excluding hydrogens is 409 g/mol. The Labute approximate surface area is 158 Å². The first-order valence-corrected chi connectivity index (χ1v) is 7.91. The summed E-state index contributed by atoms with van der Waals surface area (Å²) in [5.74, 6) is 0.845. The van der Waals surface area contributed by atoms with Crippen molar-refractivity contribution in [2.75, 3.05) is 60.5 Å². The zero-order chi connectivity index (χ0) is 16.8. The highest BCUT2D eigenvalue weighted by Gasteiger charge is 2.05. The fraction of sp³-hybridized carbons (Fsp3) is 0.867. The van der Waals surface area contributed by atoms with Crippen molar-refractivity contribution in [3.05, 3.63) is 0 Å². The lowest BCUT2D eigenvalue weighted by Gasteiger charge is -2.18. The van der Waals surface area contributed by atoms with E-state index in [2.05, 4.69) is 32.9 Å². The Bertz CT molecular complexity index is 327. The molecule has 8 heteroatoms. The van der Waals surface area contributed by atoms with Crippen LogP contribution in [0.15, 0.2) is 4.99 Å². The Hall–Kier alpha value is -0.610. The average Bonchev–Trinajstić information content (AvgIpc) is 2.49. The van der Waals surface area contributed by atoms with Gasteiger partial charge >= 0.3 is 0 Å². The van der Waals surface area contributed by atoms with Gasteiger partial charge < -0.3 is 25.6 Å². The molecule has 0 unspecified atom stereocenters. The smallest absolute Gasteiger partial charge is 0.222 e. The van der Waals surface area contributed by atoms with Gasteiger partial charge in [-0.2, -0.15) is 0 Å². The Morgan fingerprint density at radius 3 is 2.30 bits per heavy atom. The molecule has 0 atom stereocenters. The van der Waals surface area contributed by atoms with E-state index in [0.717, 1.165) is 38.6 Å². The number of amides is 1. The highest BCUT2D eigenvalue weighted by molar-refractivity contribution is 14.0. The molecule has 23 heavy (non-hydrogen) atoms. The van der Waals surface area contributed by atoms with E-state index in [1.54, 1.807) is 14.2 Å². The summed E-state index contributed by atoms with van der Waals surface area (Å²) < 4.78 is 5.04. The van der Waals surface area contributed by atoms with Crippen molar-refractivity contribution in [3.63, 3.8) is 0 Å². The molecule has 0 heterocycles. The standard InChI is InChI=1S/C15H33N5O2.HI/c1-13(2)14(21)17-7-8-18-15(16-3)19-9-11-20(4)10-6-12-22-5;/h13H,6-12H2,1-5H3,(H,17,21)(H2,16,18,19);1H. The van der Waals surface area contributed by atoms with Crippen LogP contribution in [0.3, 0.4) is 0 Å². The van der Waals surface area contributed by atoms with E-state index in [0.29, 0.717) is 13.1 Å². The maximum Gasteiger partial charge on any atom is 0.222 e. The van der Waals surface area contributed by atoms with E-state index in [-0.39, 0.29) is 35.8 Å². The minimum absolute atomic E-state index is 0. The number of aliphatic imine (C=N–C) groups is 1. The first-order chi connectivity index (χ1) is 10.5. The third kappa shape index (κ3) is 14.7. The van der Waals surface area contributed by atoms with Gasteiger partial charge in [-0.15, -0.1) is 24.0 Å². The Kier molecular flexibility index (Phi) is 17.4. The maximum atomic E-state index is 11.4. The summed E-state index contributed by atoms with van der Waals surface area (Å²) in [6.07, 6.45) is 1.04. The number of carbonyl (C=O) groups is 1. The lowest BCUT2D eigenvalue weighted by molar-refractivity contribution is -0.123. The number of nitrogens with zero attached hydrogens (tertiary/aromatic N) is 2. The molecule has 0 rings (SSSR count).